The Morgan fingerprint density at radius 2 is 1.87 bits per heavy atom. The molecule has 0 saturated heterocycles. The van der Waals surface area contributed by atoms with Crippen molar-refractivity contribution in [1.29, 1.82) is 0 Å². The molecule has 1 aliphatic rings. The summed E-state index contributed by atoms with van der Waals surface area (Å²) in [6.45, 7) is 7.22. The fourth-order valence-corrected chi connectivity index (χ4v) is 1.93. The van der Waals surface area contributed by atoms with Crippen LogP contribution in [0.2, 0.25) is 0 Å². The van der Waals surface area contributed by atoms with Crippen LogP contribution in [0.3, 0.4) is 0 Å². The SMILES string of the molecule is COC(=O)C1=[N+]([O-])C(C)(C)N(C)C1(C)C. The number of methoxy groups -OCH3 is 1. The molecule has 86 valence electrons. The van der Waals surface area contributed by atoms with Crippen molar-refractivity contribution in [3.05, 3.63) is 5.21 Å². The second-order valence-corrected chi connectivity index (χ2v) is 4.75. The van der Waals surface area contributed by atoms with Gasteiger partial charge in [0.05, 0.1) is 7.11 Å². The van der Waals surface area contributed by atoms with Crippen LogP contribution in [0, 0.1) is 5.21 Å². The van der Waals surface area contributed by atoms with Gasteiger partial charge in [0.25, 0.3) is 5.71 Å². The van der Waals surface area contributed by atoms with E-state index in [1.165, 1.54) is 7.11 Å². The normalized spacial score (nSPS) is 24.4. The van der Waals surface area contributed by atoms with Crippen molar-refractivity contribution in [2.24, 2.45) is 0 Å². The fourth-order valence-electron chi connectivity index (χ4n) is 1.93. The molecule has 5 nitrogen and oxygen atoms in total. The minimum absolute atomic E-state index is 0.150. The van der Waals surface area contributed by atoms with Gasteiger partial charge >= 0.3 is 5.97 Å². The molecule has 0 N–H and O–H groups in total. The number of esters is 1. The predicted octanol–water partition coefficient (Wildman–Crippen LogP) is 0.571. The highest BCUT2D eigenvalue weighted by molar-refractivity contribution is 6.38. The van der Waals surface area contributed by atoms with Crippen molar-refractivity contribution < 1.29 is 14.3 Å². The second kappa shape index (κ2) is 3.20. The summed E-state index contributed by atoms with van der Waals surface area (Å²) in [5.41, 5.74) is -1.19. The zero-order valence-electron chi connectivity index (χ0n) is 10.1. The average Bonchev–Trinajstić information content (AvgIpc) is 2.25. The van der Waals surface area contributed by atoms with Crippen molar-refractivity contribution in [1.82, 2.24) is 4.90 Å². The van der Waals surface area contributed by atoms with Crippen LogP contribution in [0.5, 0.6) is 0 Å². The summed E-state index contributed by atoms with van der Waals surface area (Å²) in [5.74, 6) is -0.563. The van der Waals surface area contributed by atoms with Gasteiger partial charge in [-0.25, -0.2) is 9.69 Å². The van der Waals surface area contributed by atoms with Gasteiger partial charge in [0.1, 0.15) is 5.54 Å². The number of carbonyl (C=O) groups is 1. The molecule has 0 amide bonds. The van der Waals surface area contributed by atoms with Gasteiger partial charge < -0.3 is 9.94 Å². The molecule has 0 saturated carbocycles. The third-order valence-electron chi connectivity index (χ3n) is 3.32. The van der Waals surface area contributed by atoms with Crippen molar-refractivity contribution in [2.45, 2.75) is 38.9 Å². The zero-order chi connectivity index (χ0) is 12.0. The van der Waals surface area contributed by atoms with Crippen molar-refractivity contribution in [3.8, 4) is 0 Å². The van der Waals surface area contributed by atoms with E-state index in [-0.39, 0.29) is 5.71 Å². The third kappa shape index (κ3) is 1.42. The van der Waals surface area contributed by atoms with E-state index in [1.54, 1.807) is 13.8 Å². The molecule has 15 heavy (non-hydrogen) atoms. The van der Waals surface area contributed by atoms with Crippen LogP contribution in [-0.4, -0.2) is 46.7 Å². The lowest BCUT2D eigenvalue weighted by molar-refractivity contribution is -0.556. The first-order valence-electron chi connectivity index (χ1n) is 4.84. The molecular weight excluding hydrogens is 196 g/mol. The molecule has 0 radical (unpaired) electrons. The van der Waals surface area contributed by atoms with E-state index in [0.717, 1.165) is 4.74 Å². The maximum Gasteiger partial charge on any atom is 0.401 e. The van der Waals surface area contributed by atoms with E-state index in [4.69, 9.17) is 0 Å². The number of rotatable bonds is 1. The van der Waals surface area contributed by atoms with Gasteiger partial charge in [0, 0.05) is 13.8 Å². The Hall–Kier alpha value is -1.10. The van der Waals surface area contributed by atoms with Crippen molar-refractivity contribution in [3.63, 3.8) is 0 Å². The smallest absolute Gasteiger partial charge is 0.401 e. The molecule has 0 aliphatic carbocycles. The van der Waals surface area contributed by atoms with Gasteiger partial charge in [-0.3, -0.25) is 0 Å². The first kappa shape index (κ1) is 12.0. The number of nitrogens with zero attached hydrogens (tertiary/aromatic N) is 2. The molecule has 5 heteroatoms. The molecule has 1 rings (SSSR count). The molecule has 0 aromatic heterocycles. The summed E-state index contributed by atoms with van der Waals surface area (Å²) in [6, 6.07) is 0. The lowest BCUT2D eigenvalue weighted by atomic mass is 9.97. The van der Waals surface area contributed by atoms with Gasteiger partial charge in [-0.15, -0.1) is 0 Å². The number of ether oxygens (including phenoxy) is 1. The molecule has 1 heterocycles. The van der Waals surface area contributed by atoms with E-state index >= 15 is 0 Å². The second-order valence-electron chi connectivity index (χ2n) is 4.75. The summed E-state index contributed by atoms with van der Waals surface area (Å²) in [7, 11) is 3.10. The Morgan fingerprint density at radius 1 is 1.40 bits per heavy atom. The Kier molecular flexibility index (Phi) is 2.55. The standard InChI is InChI=1S/C10H18N2O3/c1-9(2)7(8(13)15-6)12(14)10(3,4)11(9)5/h1-6H3. The van der Waals surface area contributed by atoms with Crippen molar-refractivity contribution in [2.75, 3.05) is 14.2 Å². The summed E-state index contributed by atoms with van der Waals surface area (Å²) >= 11 is 0. The van der Waals surface area contributed by atoms with E-state index in [1.807, 2.05) is 25.8 Å². The maximum atomic E-state index is 12.0. The van der Waals surface area contributed by atoms with Crippen LogP contribution in [0.4, 0.5) is 0 Å². The summed E-state index contributed by atoms with van der Waals surface area (Å²) in [6.07, 6.45) is 0. The van der Waals surface area contributed by atoms with Crippen molar-refractivity contribution >= 4 is 11.7 Å². The highest BCUT2D eigenvalue weighted by Crippen LogP contribution is 2.32. The largest absolute Gasteiger partial charge is 0.622 e. The summed E-state index contributed by atoms with van der Waals surface area (Å²) in [5, 5.41) is 12.0. The fraction of sp³-hybridized carbons (Fsp3) is 0.800. The number of hydrogen-bond acceptors (Lipinski definition) is 4. The third-order valence-corrected chi connectivity index (χ3v) is 3.32. The van der Waals surface area contributed by atoms with E-state index in [9.17, 15) is 10.0 Å². The molecule has 0 spiro atoms. The highest BCUT2D eigenvalue weighted by Gasteiger charge is 2.57. The van der Waals surface area contributed by atoms with Crippen LogP contribution in [-0.2, 0) is 9.53 Å². The maximum absolute atomic E-state index is 12.0. The molecule has 0 aromatic carbocycles. The molecular formula is C10H18N2O3. The molecule has 1 aliphatic heterocycles. The Bertz CT molecular complexity index is 332. The highest BCUT2D eigenvalue weighted by atomic mass is 16.5. The Balaban J connectivity index is 3.33. The lowest BCUT2D eigenvalue weighted by Crippen LogP contribution is -2.51. The minimum Gasteiger partial charge on any atom is -0.622 e. The van der Waals surface area contributed by atoms with Gasteiger partial charge in [0.15, 0.2) is 0 Å². The van der Waals surface area contributed by atoms with E-state index in [0.29, 0.717) is 0 Å². The number of carbonyl (C=O) groups excluding carboxylic acids is 1. The van der Waals surface area contributed by atoms with Crippen LogP contribution in [0.1, 0.15) is 27.7 Å². The van der Waals surface area contributed by atoms with Gasteiger partial charge in [0.2, 0.25) is 5.66 Å². The summed E-state index contributed by atoms with van der Waals surface area (Å²) in [4.78, 5) is 13.4. The van der Waals surface area contributed by atoms with Gasteiger partial charge in [-0.05, 0) is 20.9 Å². The topological polar surface area (TPSA) is 55.6 Å². The van der Waals surface area contributed by atoms with Crippen LogP contribution in [0.15, 0.2) is 0 Å². The molecule has 0 unspecified atom stereocenters. The zero-order valence-corrected chi connectivity index (χ0v) is 10.1. The molecule has 0 aromatic rings. The average molecular weight is 214 g/mol. The van der Waals surface area contributed by atoms with Crippen LogP contribution < -0.4 is 0 Å². The Morgan fingerprint density at radius 3 is 2.13 bits per heavy atom. The van der Waals surface area contributed by atoms with Gasteiger partial charge in [-0.1, -0.05) is 0 Å². The number of hydrogen-bond donors (Lipinski definition) is 0. The minimum atomic E-state index is -0.729. The first-order valence-corrected chi connectivity index (χ1v) is 4.84. The van der Waals surface area contributed by atoms with E-state index in [2.05, 4.69) is 4.74 Å². The Labute approximate surface area is 89.9 Å². The quantitative estimate of drug-likeness (QED) is 0.364. The first-order chi connectivity index (χ1) is 6.67. The number of hydroxylamine groups is 1. The predicted molar refractivity (Wildman–Crippen MR) is 56.6 cm³/mol. The monoisotopic (exact) mass is 214 g/mol. The molecule has 0 bridgehead atoms. The molecule has 0 fully saturated rings. The van der Waals surface area contributed by atoms with Gasteiger partial charge in [-0.2, -0.15) is 4.74 Å². The molecule has 0 atom stereocenters. The lowest BCUT2D eigenvalue weighted by Gasteiger charge is -2.32. The van der Waals surface area contributed by atoms with Crippen LogP contribution >= 0.6 is 0 Å². The van der Waals surface area contributed by atoms with Crippen LogP contribution in [0.25, 0.3) is 0 Å². The summed E-state index contributed by atoms with van der Waals surface area (Å²) < 4.78 is 5.37. The van der Waals surface area contributed by atoms with E-state index < -0.39 is 17.2 Å².